The zero-order valence-corrected chi connectivity index (χ0v) is 18.8. The van der Waals surface area contributed by atoms with Crippen LogP contribution in [0, 0.1) is 13.8 Å². The van der Waals surface area contributed by atoms with E-state index in [9.17, 15) is 14.4 Å². The summed E-state index contributed by atoms with van der Waals surface area (Å²) in [4.78, 5) is 45.5. The lowest BCUT2D eigenvalue weighted by atomic mass is 10.2. The number of fused-ring (bicyclic) bond motifs is 2. The number of hydrogen-bond donors (Lipinski definition) is 0. The van der Waals surface area contributed by atoms with Gasteiger partial charge in [0.2, 0.25) is 0 Å². The molecule has 5 aromatic rings. The number of hydrogen-bond acceptors (Lipinski definition) is 5. The van der Waals surface area contributed by atoms with Gasteiger partial charge in [-0.2, -0.15) is 0 Å². The highest BCUT2D eigenvalue weighted by Gasteiger charge is 2.20. The van der Waals surface area contributed by atoms with E-state index in [4.69, 9.17) is 11.6 Å². The Morgan fingerprint density at radius 3 is 2.53 bits per heavy atom. The molecule has 0 bridgehead atoms. The fourth-order valence-corrected chi connectivity index (χ4v) is 5.07. The van der Waals surface area contributed by atoms with Crippen molar-refractivity contribution in [2.75, 3.05) is 0 Å². The lowest BCUT2D eigenvalue weighted by Gasteiger charge is -2.12. The summed E-state index contributed by atoms with van der Waals surface area (Å²) >= 11 is 7.38. The largest absolute Gasteiger partial charge is 0.337 e. The van der Waals surface area contributed by atoms with E-state index in [0.717, 1.165) is 10.4 Å². The summed E-state index contributed by atoms with van der Waals surface area (Å²) in [7, 11) is 0. The molecule has 0 fully saturated rings. The van der Waals surface area contributed by atoms with Gasteiger partial charge in [0.25, 0.3) is 11.1 Å². The van der Waals surface area contributed by atoms with E-state index < -0.39 is 5.69 Å². The molecule has 0 radical (unpaired) electrons. The van der Waals surface area contributed by atoms with Crippen LogP contribution in [0.1, 0.15) is 16.1 Å². The van der Waals surface area contributed by atoms with Crippen LogP contribution >= 0.6 is 22.9 Å². The topological polar surface area (TPSA) is 78.4 Å². The van der Waals surface area contributed by atoms with Crippen LogP contribution in [0.4, 0.5) is 0 Å². The molecule has 0 N–H and O–H groups in total. The number of benzene rings is 1. The Morgan fingerprint density at radius 2 is 1.78 bits per heavy atom. The first-order valence-corrected chi connectivity index (χ1v) is 11.0. The lowest BCUT2D eigenvalue weighted by molar-refractivity contribution is 0.704. The van der Waals surface area contributed by atoms with Gasteiger partial charge in [0.15, 0.2) is 0 Å². The first-order chi connectivity index (χ1) is 15.3. The molecule has 0 saturated carbocycles. The number of aromatic nitrogens is 4. The van der Waals surface area contributed by atoms with Crippen LogP contribution in [0.3, 0.4) is 0 Å². The molecule has 0 unspecified atom stereocenters. The monoisotopic (exact) mass is 464 g/mol. The fraction of sp³-hybridized carbons (Fsp3) is 0.130. The summed E-state index contributed by atoms with van der Waals surface area (Å²) < 4.78 is 4.05. The zero-order valence-electron chi connectivity index (χ0n) is 17.2. The van der Waals surface area contributed by atoms with E-state index in [1.165, 1.54) is 37.1 Å². The highest BCUT2D eigenvalue weighted by atomic mass is 35.5. The Balaban J connectivity index is 1.80. The molecule has 0 atom stereocenters. The van der Waals surface area contributed by atoms with E-state index in [1.54, 1.807) is 36.4 Å². The van der Waals surface area contributed by atoms with Crippen molar-refractivity contribution in [1.82, 2.24) is 18.5 Å². The Morgan fingerprint density at radius 1 is 1.03 bits per heavy atom. The number of rotatable bonds is 3. The predicted octanol–water partition coefficient (Wildman–Crippen LogP) is 3.54. The lowest BCUT2D eigenvalue weighted by Crippen LogP contribution is -2.39. The third kappa shape index (κ3) is 3.19. The fourth-order valence-electron chi connectivity index (χ4n) is 3.77. The van der Waals surface area contributed by atoms with Gasteiger partial charge in [-0.05, 0) is 43.7 Å². The van der Waals surface area contributed by atoms with Gasteiger partial charge in [-0.25, -0.2) is 14.3 Å². The Kier molecular flexibility index (Phi) is 4.83. The standard InChI is InChI=1S/C23H17ClN4O3S/c1-13-14(2)32-22-20(13)21(30)28(17-6-4-3-5-7-17)23(31)27(22)12-16-10-19(29)26-11-15(24)8-9-18(26)25-16/h3-11H,12H2,1-2H3. The van der Waals surface area contributed by atoms with Crippen LogP contribution in [-0.2, 0) is 6.54 Å². The number of para-hydroxylation sites is 1. The van der Waals surface area contributed by atoms with E-state index in [2.05, 4.69) is 4.98 Å². The highest BCUT2D eigenvalue weighted by Crippen LogP contribution is 2.27. The summed E-state index contributed by atoms with van der Waals surface area (Å²) in [5.41, 5.74) is 1.05. The molecule has 32 heavy (non-hydrogen) atoms. The Bertz CT molecular complexity index is 1700. The van der Waals surface area contributed by atoms with Crippen molar-refractivity contribution in [3.63, 3.8) is 0 Å². The molecule has 4 heterocycles. The third-order valence-corrected chi connectivity index (χ3v) is 6.92. The molecular weight excluding hydrogens is 448 g/mol. The van der Waals surface area contributed by atoms with Crippen molar-refractivity contribution in [2.24, 2.45) is 0 Å². The van der Waals surface area contributed by atoms with Gasteiger partial charge in [0.1, 0.15) is 10.5 Å². The van der Waals surface area contributed by atoms with E-state index >= 15 is 0 Å². The van der Waals surface area contributed by atoms with Crippen molar-refractivity contribution in [1.29, 1.82) is 0 Å². The summed E-state index contributed by atoms with van der Waals surface area (Å²) in [6.45, 7) is 3.85. The summed E-state index contributed by atoms with van der Waals surface area (Å²) in [6, 6.07) is 13.5. The van der Waals surface area contributed by atoms with Gasteiger partial charge < -0.3 is 0 Å². The van der Waals surface area contributed by atoms with Gasteiger partial charge in [-0.1, -0.05) is 29.8 Å². The minimum atomic E-state index is -0.479. The number of halogens is 1. The highest BCUT2D eigenvalue weighted by molar-refractivity contribution is 7.18. The van der Waals surface area contributed by atoms with Crippen LogP contribution in [0.2, 0.25) is 5.02 Å². The van der Waals surface area contributed by atoms with Crippen molar-refractivity contribution in [2.45, 2.75) is 20.4 Å². The maximum Gasteiger partial charge on any atom is 0.337 e. The van der Waals surface area contributed by atoms with Crippen molar-refractivity contribution >= 4 is 38.8 Å². The molecule has 7 nitrogen and oxygen atoms in total. The second kappa shape index (κ2) is 7.58. The average Bonchev–Trinajstić information content (AvgIpc) is 3.07. The number of aryl methyl sites for hydroxylation is 2. The second-order valence-corrected chi connectivity index (χ2v) is 9.11. The molecule has 0 amide bonds. The van der Waals surface area contributed by atoms with Gasteiger partial charge in [-0.15, -0.1) is 11.3 Å². The summed E-state index contributed by atoms with van der Waals surface area (Å²) in [5.74, 6) is 0. The molecule has 160 valence electrons. The molecule has 0 aliphatic carbocycles. The quantitative estimate of drug-likeness (QED) is 0.409. The van der Waals surface area contributed by atoms with Gasteiger partial charge in [0, 0.05) is 17.1 Å². The van der Waals surface area contributed by atoms with Gasteiger partial charge >= 0.3 is 5.69 Å². The third-order valence-electron chi connectivity index (χ3n) is 5.46. The summed E-state index contributed by atoms with van der Waals surface area (Å²) in [6.07, 6.45) is 1.50. The van der Waals surface area contributed by atoms with Crippen LogP contribution < -0.4 is 16.8 Å². The van der Waals surface area contributed by atoms with Crippen LogP contribution in [0.15, 0.2) is 69.1 Å². The SMILES string of the molecule is Cc1sc2c(c1C)c(=O)n(-c1ccccc1)c(=O)n2Cc1cc(=O)n2cc(Cl)ccc2n1. The van der Waals surface area contributed by atoms with Crippen molar-refractivity contribution in [3.8, 4) is 5.69 Å². The zero-order chi connectivity index (χ0) is 22.6. The second-order valence-electron chi connectivity index (χ2n) is 7.47. The number of nitrogens with zero attached hydrogens (tertiary/aromatic N) is 4. The van der Waals surface area contributed by atoms with E-state index in [-0.39, 0.29) is 17.7 Å². The minimum Gasteiger partial charge on any atom is -0.278 e. The van der Waals surface area contributed by atoms with Gasteiger partial charge in [0.05, 0.1) is 28.3 Å². The predicted molar refractivity (Wildman–Crippen MR) is 127 cm³/mol. The van der Waals surface area contributed by atoms with Crippen LogP contribution in [-0.4, -0.2) is 18.5 Å². The first kappa shape index (κ1) is 20.4. The van der Waals surface area contributed by atoms with E-state index in [0.29, 0.717) is 32.3 Å². The minimum absolute atomic E-state index is 0.0518. The number of thiophene rings is 1. The molecule has 4 aromatic heterocycles. The maximum absolute atomic E-state index is 13.5. The molecule has 5 rings (SSSR count). The first-order valence-electron chi connectivity index (χ1n) is 9.84. The maximum atomic E-state index is 13.5. The molecule has 9 heteroatoms. The molecular formula is C23H17ClN4O3S. The van der Waals surface area contributed by atoms with Crippen LogP contribution in [0.25, 0.3) is 21.6 Å². The molecule has 0 spiro atoms. The number of pyridine rings is 1. The molecule has 0 saturated heterocycles. The van der Waals surface area contributed by atoms with Gasteiger partial charge in [-0.3, -0.25) is 18.6 Å². The van der Waals surface area contributed by atoms with Crippen molar-refractivity contribution in [3.05, 3.63) is 107 Å². The van der Waals surface area contributed by atoms with E-state index in [1.807, 2.05) is 19.9 Å². The smallest absolute Gasteiger partial charge is 0.278 e. The average molecular weight is 465 g/mol. The molecule has 1 aromatic carbocycles. The molecule has 0 aliphatic rings. The summed E-state index contributed by atoms with van der Waals surface area (Å²) in [5, 5.41) is 0.923. The Hall–Kier alpha value is -3.49. The normalized spacial score (nSPS) is 11.5. The Labute approximate surface area is 190 Å². The van der Waals surface area contributed by atoms with Crippen LogP contribution in [0.5, 0.6) is 0 Å². The van der Waals surface area contributed by atoms with Crippen molar-refractivity contribution < 1.29 is 0 Å². The molecule has 0 aliphatic heterocycles.